The Morgan fingerprint density at radius 2 is 2.00 bits per heavy atom. The van der Waals surface area contributed by atoms with Gasteiger partial charge in [-0.05, 0) is 12.8 Å². The van der Waals surface area contributed by atoms with Crippen LogP contribution in [0.15, 0.2) is 6.20 Å². The summed E-state index contributed by atoms with van der Waals surface area (Å²) in [6.45, 7) is 3.24. The second-order valence-corrected chi connectivity index (χ2v) is 6.10. The van der Waals surface area contributed by atoms with Crippen LogP contribution in [0.25, 0.3) is 0 Å². The molecule has 4 rings (SSSR count). The number of hydrogen-bond acceptors (Lipinski definition) is 3. The van der Waals surface area contributed by atoms with E-state index in [1.165, 1.54) is 13.2 Å². The van der Waals surface area contributed by atoms with E-state index in [1.807, 2.05) is 0 Å². The quantitative estimate of drug-likeness (QED) is 0.892. The van der Waals surface area contributed by atoms with Gasteiger partial charge in [-0.15, -0.1) is 0 Å². The number of nitrogens with zero attached hydrogens (tertiary/aromatic N) is 4. The average molecular weight is 331 g/mol. The zero-order valence-corrected chi connectivity index (χ0v) is 12.9. The Morgan fingerprint density at radius 3 is 2.65 bits per heavy atom. The molecule has 128 valence electrons. The molecule has 0 spiro atoms. The number of carbonyl (C=O) groups excluding carboxylic acids is 1. The number of amides is 2. The summed E-state index contributed by atoms with van der Waals surface area (Å²) in [5.74, 6) is 0. The average Bonchev–Trinajstić information content (AvgIpc) is 2.67. The molecule has 1 aromatic rings. The number of halogens is 3. The fraction of sp³-hybridized carbons (Fsp3) is 0.714. The number of rotatable bonds is 2. The van der Waals surface area contributed by atoms with E-state index in [-0.39, 0.29) is 24.2 Å². The standard InChI is InChI=1S/C14H20F3N5O/c1-20-9-10(12(19-20)14(15,16)17)8-18-13(23)22-7-6-21-4-2-11(22)3-5-21/h9,11H,2-8H2,1H3,(H,18,23). The molecule has 23 heavy (non-hydrogen) atoms. The number of alkyl halides is 3. The van der Waals surface area contributed by atoms with Crippen LogP contribution in [-0.2, 0) is 19.8 Å². The van der Waals surface area contributed by atoms with E-state index in [2.05, 4.69) is 15.3 Å². The van der Waals surface area contributed by atoms with Crippen molar-refractivity contribution in [3.63, 3.8) is 0 Å². The number of nitrogens with one attached hydrogen (secondary N) is 1. The van der Waals surface area contributed by atoms with Crippen molar-refractivity contribution in [1.29, 1.82) is 0 Å². The smallest absolute Gasteiger partial charge is 0.334 e. The van der Waals surface area contributed by atoms with E-state index < -0.39 is 11.9 Å². The highest BCUT2D eigenvalue weighted by Gasteiger charge is 2.37. The third-order valence-electron chi connectivity index (χ3n) is 4.52. The number of aromatic nitrogens is 2. The molecule has 0 aromatic carbocycles. The second-order valence-electron chi connectivity index (χ2n) is 6.10. The third-order valence-corrected chi connectivity index (χ3v) is 4.52. The van der Waals surface area contributed by atoms with Gasteiger partial charge in [-0.25, -0.2) is 4.79 Å². The molecule has 3 saturated heterocycles. The molecule has 3 fully saturated rings. The predicted octanol–water partition coefficient (Wildman–Crippen LogP) is 1.43. The molecule has 1 N–H and O–H groups in total. The van der Waals surface area contributed by atoms with Gasteiger partial charge in [0, 0.05) is 57.6 Å². The normalized spacial score (nSPS) is 24.6. The summed E-state index contributed by atoms with van der Waals surface area (Å²) in [4.78, 5) is 16.4. The molecule has 0 atom stereocenters. The van der Waals surface area contributed by atoms with Crippen LogP contribution < -0.4 is 5.32 Å². The van der Waals surface area contributed by atoms with E-state index in [0.717, 1.165) is 37.2 Å². The number of urea groups is 1. The van der Waals surface area contributed by atoms with Crippen molar-refractivity contribution >= 4 is 6.03 Å². The molecule has 1 aromatic heterocycles. The van der Waals surface area contributed by atoms with Gasteiger partial charge >= 0.3 is 12.2 Å². The molecule has 0 unspecified atom stereocenters. The van der Waals surface area contributed by atoms with E-state index in [1.54, 1.807) is 4.90 Å². The number of carbonyl (C=O) groups is 1. The lowest BCUT2D eigenvalue weighted by atomic mass is 10.1. The number of fused-ring (bicyclic) bond motifs is 4. The van der Waals surface area contributed by atoms with Crippen molar-refractivity contribution in [3.05, 3.63) is 17.5 Å². The Hall–Kier alpha value is -1.77. The molecule has 4 heterocycles. The Labute approximate surface area is 132 Å². The second kappa shape index (κ2) is 6.03. The highest BCUT2D eigenvalue weighted by atomic mass is 19.4. The van der Waals surface area contributed by atoms with Gasteiger partial charge in [0.25, 0.3) is 0 Å². The SMILES string of the molecule is Cn1cc(CNC(=O)N2CCN3CCC2CC3)c(C(F)(F)F)n1. The van der Waals surface area contributed by atoms with Crippen LogP contribution in [0.3, 0.4) is 0 Å². The predicted molar refractivity (Wildman–Crippen MR) is 76.6 cm³/mol. The largest absolute Gasteiger partial charge is 0.435 e. The van der Waals surface area contributed by atoms with Crippen molar-refractivity contribution < 1.29 is 18.0 Å². The van der Waals surface area contributed by atoms with Crippen LogP contribution in [0.4, 0.5) is 18.0 Å². The highest BCUT2D eigenvalue weighted by Crippen LogP contribution is 2.30. The topological polar surface area (TPSA) is 53.4 Å². The minimum Gasteiger partial charge on any atom is -0.334 e. The Bertz CT molecular complexity index is 577. The summed E-state index contributed by atoms with van der Waals surface area (Å²) < 4.78 is 39.9. The van der Waals surface area contributed by atoms with Gasteiger partial charge in [0.05, 0.1) is 0 Å². The number of aryl methyl sites for hydroxylation is 1. The summed E-state index contributed by atoms with van der Waals surface area (Å²) in [6.07, 6.45) is -1.37. The van der Waals surface area contributed by atoms with Gasteiger partial charge in [-0.1, -0.05) is 0 Å². The maximum atomic E-state index is 12.9. The van der Waals surface area contributed by atoms with E-state index in [4.69, 9.17) is 0 Å². The molecule has 9 heteroatoms. The summed E-state index contributed by atoms with van der Waals surface area (Å²) in [5.41, 5.74) is -0.959. The molecule has 0 saturated carbocycles. The molecule has 3 aliphatic rings. The minimum absolute atomic E-state index is 0.0174. The monoisotopic (exact) mass is 331 g/mol. The first-order chi connectivity index (χ1) is 10.8. The van der Waals surface area contributed by atoms with Gasteiger partial charge in [0.1, 0.15) is 0 Å². The zero-order chi connectivity index (χ0) is 16.6. The van der Waals surface area contributed by atoms with Crippen molar-refractivity contribution in [1.82, 2.24) is 24.9 Å². The van der Waals surface area contributed by atoms with E-state index in [9.17, 15) is 18.0 Å². The van der Waals surface area contributed by atoms with Crippen molar-refractivity contribution in [2.24, 2.45) is 7.05 Å². The van der Waals surface area contributed by atoms with Crippen LogP contribution in [0, 0.1) is 0 Å². The lowest BCUT2D eigenvalue weighted by Gasteiger charge is -2.31. The third kappa shape index (κ3) is 3.44. The Kier molecular flexibility index (Phi) is 4.22. The highest BCUT2D eigenvalue weighted by molar-refractivity contribution is 5.74. The maximum Gasteiger partial charge on any atom is 0.435 e. The summed E-state index contributed by atoms with van der Waals surface area (Å²) in [6, 6.07) is -0.111. The summed E-state index contributed by atoms with van der Waals surface area (Å²) in [7, 11) is 1.43. The molecule has 2 amide bonds. The zero-order valence-electron chi connectivity index (χ0n) is 12.9. The Morgan fingerprint density at radius 1 is 1.30 bits per heavy atom. The van der Waals surface area contributed by atoms with E-state index >= 15 is 0 Å². The fourth-order valence-corrected chi connectivity index (χ4v) is 3.33. The Balaban J connectivity index is 1.65. The van der Waals surface area contributed by atoms with Crippen LogP contribution in [0.5, 0.6) is 0 Å². The van der Waals surface area contributed by atoms with E-state index in [0.29, 0.717) is 6.54 Å². The van der Waals surface area contributed by atoms with Gasteiger partial charge in [0.15, 0.2) is 5.69 Å². The summed E-state index contributed by atoms with van der Waals surface area (Å²) in [5, 5.41) is 6.07. The van der Waals surface area contributed by atoms with Gasteiger partial charge < -0.3 is 15.1 Å². The van der Waals surface area contributed by atoms with Crippen LogP contribution >= 0.6 is 0 Å². The molecular weight excluding hydrogens is 311 g/mol. The van der Waals surface area contributed by atoms with Crippen molar-refractivity contribution in [2.45, 2.75) is 31.6 Å². The summed E-state index contributed by atoms with van der Waals surface area (Å²) >= 11 is 0. The number of hydrogen-bond donors (Lipinski definition) is 1. The lowest BCUT2D eigenvalue weighted by Crippen LogP contribution is -2.46. The molecular formula is C14H20F3N5O. The van der Waals surface area contributed by atoms with Crippen LogP contribution in [-0.4, -0.2) is 57.8 Å². The first kappa shape index (κ1) is 16.1. The van der Waals surface area contributed by atoms with Crippen LogP contribution in [0.2, 0.25) is 0 Å². The first-order valence-corrected chi connectivity index (χ1v) is 7.71. The molecule has 2 bridgehead atoms. The van der Waals surface area contributed by atoms with Gasteiger partial charge in [-0.2, -0.15) is 18.3 Å². The maximum absolute atomic E-state index is 12.9. The van der Waals surface area contributed by atoms with Gasteiger partial charge in [0.2, 0.25) is 0 Å². The van der Waals surface area contributed by atoms with Crippen molar-refractivity contribution in [3.8, 4) is 0 Å². The fourth-order valence-electron chi connectivity index (χ4n) is 3.33. The number of piperidine rings is 1. The molecule has 0 radical (unpaired) electrons. The first-order valence-electron chi connectivity index (χ1n) is 7.71. The van der Waals surface area contributed by atoms with Crippen molar-refractivity contribution in [2.75, 3.05) is 26.2 Å². The lowest BCUT2D eigenvalue weighted by molar-refractivity contribution is -0.142. The van der Waals surface area contributed by atoms with Crippen LogP contribution in [0.1, 0.15) is 24.1 Å². The minimum atomic E-state index is -4.52. The molecule has 3 aliphatic heterocycles. The molecule has 6 nitrogen and oxygen atoms in total. The molecule has 0 aliphatic carbocycles. The van der Waals surface area contributed by atoms with Gasteiger partial charge in [-0.3, -0.25) is 4.68 Å².